The predicted octanol–water partition coefficient (Wildman–Crippen LogP) is 2.98. The van der Waals surface area contributed by atoms with E-state index in [1.807, 2.05) is 11.8 Å². The topological polar surface area (TPSA) is 41.1 Å². The number of benzene rings is 1. The molecular formula is C16H23BrN2OS. The highest BCUT2D eigenvalue weighted by molar-refractivity contribution is 9.10. The Bertz CT molecular complexity index is 446. The van der Waals surface area contributed by atoms with Crippen LogP contribution in [0.15, 0.2) is 28.7 Å². The van der Waals surface area contributed by atoms with Crippen molar-refractivity contribution in [2.24, 2.45) is 0 Å². The Morgan fingerprint density at radius 1 is 1.48 bits per heavy atom. The van der Waals surface area contributed by atoms with E-state index in [4.69, 9.17) is 0 Å². The zero-order chi connectivity index (χ0) is 15.1. The van der Waals surface area contributed by atoms with Gasteiger partial charge in [-0.15, -0.1) is 0 Å². The van der Waals surface area contributed by atoms with Crippen molar-refractivity contribution in [3.8, 4) is 0 Å². The van der Waals surface area contributed by atoms with Gasteiger partial charge in [0, 0.05) is 41.0 Å². The van der Waals surface area contributed by atoms with E-state index >= 15 is 0 Å². The van der Waals surface area contributed by atoms with Gasteiger partial charge in [-0.2, -0.15) is 11.8 Å². The van der Waals surface area contributed by atoms with Crippen molar-refractivity contribution in [3.05, 3.63) is 34.3 Å². The third kappa shape index (κ3) is 6.41. The fraction of sp³-hybridized carbons (Fsp3) is 0.562. The fourth-order valence-electron chi connectivity index (χ4n) is 2.41. The lowest BCUT2D eigenvalue weighted by Gasteiger charge is -2.23. The SMILES string of the molecule is CC(CCc1ccc(Br)cc1)NC(=O)CC1CSCCN1. The van der Waals surface area contributed by atoms with Crippen molar-refractivity contribution in [1.82, 2.24) is 10.6 Å². The molecule has 116 valence electrons. The quantitative estimate of drug-likeness (QED) is 0.808. The summed E-state index contributed by atoms with van der Waals surface area (Å²) in [5.74, 6) is 2.36. The lowest BCUT2D eigenvalue weighted by Crippen LogP contribution is -2.43. The Labute approximate surface area is 139 Å². The Balaban J connectivity index is 1.67. The van der Waals surface area contributed by atoms with Crippen LogP contribution < -0.4 is 10.6 Å². The van der Waals surface area contributed by atoms with Crippen molar-refractivity contribution >= 4 is 33.6 Å². The summed E-state index contributed by atoms with van der Waals surface area (Å²) in [5.41, 5.74) is 1.31. The molecule has 1 aliphatic heterocycles. The molecule has 0 spiro atoms. The lowest BCUT2D eigenvalue weighted by atomic mass is 10.1. The van der Waals surface area contributed by atoms with Gasteiger partial charge in [-0.3, -0.25) is 4.79 Å². The van der Waals surface area contributed by atoms with Crippen LogP contribution in [0.5, 0.6) is 0 Å². The maximum absolute atomic E-state index is 12.0. The molecule has 1 aliphatic rings. The van der Waals surface area contributed by atoms with Gasteiger partial charge in [0.05, 0.1) is 0 Å². The zero-order valence-electron chi connectivity index (χ0n) is 12.4. The summed E-state index contributed by atoms with van der Waals surface area (Å²) in [7, 11) is 0. The maximum atomic E-state index is 12.0. The summed E-state index contributed by atoms with van der Waals surface area (Å²) < 4.78 is 1.10. The first-order valence-corrected chi connectivity index (χ1v) is 9.43. The van der Waals surface area contributed by atoms with E-state index in [1.165, 1.54) is 5.56 Å². The fourth-order valence-corrected chi connectivity index (χ4v) is 3.63. The molecule has 2 unspecified atom stereocenters. The largest absolute Gasteiger partial charge is 0.354 e. The minimum Gasteiger partial charge on any atom is -0.354 e. The molecule has 2 N–H and O–H groups in total. The molecule has 1 saturated heterocycles. The summed E-state index contributed by atoms with van der Waals surface area (Å²) in [4.78, 5) is 12.0. The Morgan fingerprint density at radius 3 is 2.90 bits per heavy atom. The van der Waals surface area contributed by atoms with Crippen molar-refractivity contribution in [2.75, 3.05) is 18.1 Å². The molecular weight excluding hydrogens is 348 g/mol. The third-order valence-corrected chi connectivity index (χ3v) is 5.28. The number of halogens is 1. The van der Waals surface area contributed by atoms with Crippen LogP contribution in [0.25, 0.3) is 0 Å². The smallest absolute Gasteiger partial charge is 0.221 e. The van der Waals surface area contributed by atoms with E-state index in [-0.39, 0.29) is 11.9 Å². The second-order valence-corrected chi connectivity index (χ2v) is 7.63. The molecule has 1 amide bonds. The Morgan fingerprint density at radius 2 is 2.24 bits per heavy atom. The number of nitrogens with one attached hydrogen (secondary N) is 2. The van der Waals surface area contributed by atoms with Gasteiger partial charge in [0.15, 0.2) is 0 Å². The van der Waals surface area contributed by atoms with Gasteiger partial charge >= 0.3 is 0 Å². The highest BCUT2D eigenvalue weighted by Crippen LogP contribution is 2.13. The van der Waals surface area contributed by atoms with Gasteiger partial charge in [0.1, 0.15) is 0 Å². The summed E-state index contributed by atoms with van der Waals surface area (Å²) in [5, 5.41) is 6.51. The number of carbonyl (C=O) groups excluding carboxylic acids is 1. The molecule has 1 fully saturated rings. The summed E-state index contributed by atoms with van der Waals surface area (Å²) in [6.07, 6.45) is 2.56. The minimum atomic E-state index is 0.165. The number of rotatable bonds is 6. The third-order valence-electron chi connectivity index (χ3n) is 3.62. The van der Waals surface area contributed by atoms with E-state index in [2.05, 4.69) is 57.8 Å². The summed E-state index contributed by atoms with van der Waals surface area (Å²) in [6, 6.07) is 8.93. The average molecular weight is 371 g/mol. The maximum Gasteiger partial charge on any atom is 0.221 e. The monoisotopic (exact) mass is 370 g/mol. The van der Waals surface area contributed by atoms with Crippen LogP contribution in [0.3, 0.4) is 0 Å². The molecule has 0 aliphatic carbocycles. The minimum absolute atomic E-state index is 0.165. The summed E-state index contributed by atoms with van der Waals surface area (Å²) >= 11 is 5.37. The van der Waals surface area contributed by atoms with Crippen LogP contribution in [0.2, 0.25) is 0 Å². The molecule has 2 rings (SSSR count). The molecule has 0 saturated carbocycles. The molecule has 21 heavy (non-hydrogen) atoms. The van der Waals surface area contributed by atoms with Gasteiger partial charge in [-0.05, 0) is 37.5 Å². The van der Waals surface area contributed by atoms with Crippen LogP contribution in [0, 0.1) is 0 Å². The number of hydrogen-bond acceptors (Lipinski definition) is 3. The molecule has 1 aromatic rings. The van der Waals surface area contributed by atoms with Crippen LogP contribution in [0.1, 0.15) is 25.3 Å². The van der Waals surface area contributed by atoms with Gasteiger partial charge in [0.25, 0.3) is 0 Å². The second kappa shape index (κ2) is 8.81. The highest BCUT2D eigenvalue weighted by Gasteiger charge is 2.17. The van der Waals surface area contributed by atoms with Crippen molar-refractivity contribution in [3.63, 3.8) is 0 Å². The highest BCUT2D eigenvalue weighted by atomic mass is 79.9. The van der Waals surface area contributed by atoms with E-state index in [9.17, 15) is 4.79 Å². The van der Waals surface area contributed by atoms with Gasteiger partial charge in [0.2, 0.25) is 5.91 Å². The molecule has 5 heteroatoms. The van der Waals surface area contributed by atoms with Crippen LogP contribution in [0.4, 0.5) is 0 Å². The van der Waals surface area contributed by atoms with Crippen molar-refractivity contribution in [2.45, 2.75) is 38.3 Å². The molecule has 0 bridgehead atoms. The van der Waals surface area contributed by atoms with Crippen LogP contribution >= 0.6 is 27.7 Å². The van der Waals surface area contributed by atoms with Gasteiger partial charge in [-0.1, -0.05) is 28.1 Å². The van der Waals surface area contributed by atoms with E-state index < -0.39 is 0 Å². The van der Waals surface area contributed by atoms with Gasteiger partial charge < -0.3 is 10.6 Å². The number of hydrogen-bond donors (Lipinski definition) is 2. The zero-order valence-corrected chi connectivity index (χ0v) is 14.8. The van der Waals surface area contributed by atoms with Crippen molar-refractivity contribution in [1.29, 1.82) is 0 Å². The number of aryl methyl sites for hydroxylation is 1. The van der Waals surface area contributed by atoms with Crippen LogP contribution in [-0.2, 0) is 11.2 Å². The molecule has 3 nitrogen and oxygen atoms in total. The van der Waals surface area contributed by atoms with Crippen LogP contribution in [-0.4, -0.2) is 36.0 Å². The predicted molar refractivity (Wildman–Crippen MR) is 93.8 cm³/mol. The molecule has 2 atom stereocenters. The molecule has 1 heterocycles. The standard InChI is InChI=1S/C16H23BrN2OS/c1-12(2-3-13-4-6-14(17)7-5-13)19-16(20)10-15-11-21-9-8-18-15/h4-7,12,15,18H,2-3,8-11H2,1H3,(H,19,20). The molecule has 0 aromatic heterocycles. The average Bonchev–Trinajstić information content (AvgIpc) is 2.47. The first kappa shape index (κ1) is 16.8. The second-order valence-electron chi connectivity index (χ2n) is 5.56. The van der Waals surface area contributed by atoms with E-state index in [0.717, 1.165) is 35.4 Å². The first-order valence-electron chi connectivity index (χ1n) is 7.48. The normalized spacial score (nSPS) is 20.0. The molecule has 0 radical (unpaired) electrons. The van der Waals surface area contributed by atoms with E-state index in [0.29, 0.717) is 12.5 Å². The van der Waals surface area contributed by atoms with Gasteiger partial charge in [-0.25, -0.2) is 0 Å². The Hall–Kier alpha value is -0.520. The van der Waals surface area contributed by atoms with E-state index in [1.54, 1.807) is 0 Å². The number of carbonyl (C=O) groups is 1. The summed E-state index contributed by atoms with van der Waals surface area (Å²) in [6.45, 7) is 3.10. The molecule has 1 aromatic carbocycles. The number of thioether (sulfide) groups is 1. The number of amides is 1. The lowest BCUT2D eigenvalue weighted by molar-refractivity contribution is -0.122. The Kier molecular flexibility index (Phi) is 7.07. The first-order chi connectivity index (χ1) is 10.1. The van der Waals surface area contributed by atoms with Crippen molar-refractivity contribution < 1.29 is 4.79 Å².